The van der Waals surface area contributed by atoms with Crippen molar-refractivity contribution in [3.8, 4) is 17.0 Å². The number of hydrogen-bond acceptors (Lipinski definition) is 6. The lowest BCUT2D eigenvalue weighted by Gasteiger charge is -2.12. The fourth-order valence-electron chi connectivity index (χ4n) is 2.50. The van der Waals surface area contributed by atoms with Crippen molar-refractivity contribution in [1.82, 2.24) is 9.97 Å². The van der Waals surface area contributed by atoms with Crippen molar-refractivity contribution in [3.63, 3.8) is 0 Å². The first-order valence-electron chi connectivity index (χ1n) is 7.78. The molecule has 126 valence electrons. The van der Waals surface area contributed by atoms with Gasteiger partial charge in [-0.3, -0.25) is 4.79 Å². The van der Waals surface area contributed by atoms with Crippen LogP contribution in [0.1, 0.15) is 21.5 Å². The molecule has 3 aromatic rings. The van der Waals surface area contributed by atoms with Gasteiger partial charge in [0, 0.05) is 23.4 Å². The summed E-state index contributed by atoms with van der Waals surface area (Å²) >= 11 is 0. The van der Waals surface area contributed by atoms with Crippen LogP contribution in [0, 0.1) is 6.92 Å². The molecule has 0 aliphatic heterocycles. The lowest BCUT2D eigenvalue weighted by molar-refractivity contribution is 0.112. The number of nitrogens with zero attached hydrogens (tertiary/aromatic N) is 2. The fourth-order valence-corrected chi connectivity index (χ4v) is 2.50. The molecule has 0 radical (unpaired) electrons. The SMILES string of the molecule is Cc1ccc(-c2ncnc(Nc3ccc(CN)c(C=O)c3)c2O)cc1. The average molecular weight is 334 g/mol. The van der Waals surface area contributed by atoms with Gasteiger partial charge in [0.25, 0.3) is 0 Å². The molecule has 0 atom stereocenters. The molecule has 0 saturated heterocycles. The first kappa shape index (κ1) is 16.6. The van der Waals surface area contributed by atoms with E-state index in [9.17, 15) is 9.90 Å². The Morgan fingerprint density at radius 1 is 1.16 bits per heavy atom. The van der Waals surface area contributed by atoms with Gasteiger partial charge in [-0.2, -0.15) is 0 Å². The molecule has 0 unspecified atom stereocenters. The van der Waals surface area contributed by atoms with E-state index >= 15 is 0 Å². The highest BCUT2D eigenvalue weighted by atomic mass is 16.3. The standard InChI is InChI=1S/C19H18N4O2/c1-12-2-4-13(5-3-12)17-18(25)19(22-11-21-17)23-16-7-6-14(9-20)15(8-16)10-24/h2-8,10-11,25H,9,20H2,1H3,(H,21,22,23). The van der Waals surface area contributed by atoms with E-state index in [0.717, 1.165) is 23.0 Å². The van der Waals surface area contributed by atoms with E-state index in [0.29, 0.717) is 16.9 Å². The van der Waals surface area contributed by atoms with Crippen LogP contribution in [-0.4, -0.2) is 21.4 Å². The number of benzene rings is 2. The molecule has 0 saturated carbocycles. The molecular formula is C19H18N4O2. The zero-order chi connectivity index (χ0) is 17.8. The molecule has 0 spiro atoms. The monoisotopic (exact) mass is 334 g/mol. The van der Waals surface area contributed by atoms with Gasteiger partial charge in [0.05, 0.1) is 0 Å². The summed E-state index contributed by atoms with van der Waals surface area (Å²) in [7, 11) is 0. The molecule has 1 heterocycles. The Kier molecular flexibility index (Phi) is 4.72. The van der Waals surface area contributed by atoms with Crippen LogP contribution < -0.4 is 11.1 Å². The summed E-state index contributed by atoms with van der Waals surface area (Å²) < 4.78 is 0. The second kappa shape index (κ2) is 7.11. The molecule has 0 bridgehead atoms. The lowest BCUT2D eigenvalue weighted by atomic mass is 10.1. The Morgan fingerprint density at radius 2 is 1.92 bits per heavy atom. The van der Waals surface area contributed by atoms with Gasteiger partial charge in [0.2, 0.25) is 0 Å². The molecule has 0 fully saturated rings. The van der Waals surface area contributed by atoms with Crippen LogP contribution in [0.5, 0.6) is 5.75 Å². The second-order valence-electron chi connectivity index (χ2n) is 5.65. The number of aryl methyl sites for hydroxylation is 1. The predicted molar refractivity (Wildman–Crippen MR) is 96.9 cm³/mol. The van der Waals surface area contributed by atoms with Crippen LogP contribution in [0.25, 0.3) is 11.3 Å². The van der Waals surface area contributed by atoms with Crippen molar-refractivity contribution in [1.29, 1.82) is 0 Å². The van der Waals surface area contributed by atoms with Crippen LogP contribution in [0.4, 0.5) is 11.5 Å². The van der Waals surface area contributed by atoms with Crippen molar-refractivity contribution in [2.75, 3.05) is 5.32 Å². The Hall–Kier alpha value is -3.25. The number of hydrogen-bond donors (Lipinski definition) is 3. The molecule has 0 aliphatic carbocycles. The highest BCUT2D eigenvalue weighted by Gasteiger charge is 2.13. The maximum absolute atomic E-state index is 11.2. The summed E-state index contributed by atoms with van der Waals surface area (Å²) in [5.41, 5.74) is 9.84. The van der Waals surface area contributed by atoms with E-state index in [1.165, 1.54) is 6.33 Å². The quantitative estimate of drug-likeness (QED) is 0.620. The molecule has 3 rings (SSSR count). The van der Waals surface area contributed by atoms with Crippen LogP contribution >= 0.6 is 0 Å². The van der Waals surface area contributed by atoms with Crippen molar-refractivity contribution < 1.29 is 9.90 Å². The highest BCUT2D eigenvalue weighted by Crippen LogP contribution is 2.33. The molecule has 1 aromatic heterocycles. The average Bonchev–Trinajstić information content (AvgIpc) is 2.64. The molecule has 4 N–H and O–H groups in total. The summed E-state index contributed by atoms with van der Waals surface area (Å²) in [5, 5.41) is 13.5. The van der Waals surface area contributed by atoms with Gasteiger partial charge >= 0.3 is 0 Å². The molecule has 6 heteroatoms. The maximum Gasteiger partial charge on any atom is 0.185 e. The highest BCUT2D eigenvalue weighted by molar-refractivity contribution is 5.81. The summed E-state index contributed by atoms with van der Waals surface area (Å²) in [6.07, 6.45) is 2.14. The number of carbonyl (C=O) groups excluding carboxylic acids is 1. The van der Waals surface area contributed by atoms with E-state index in [4.69, 9.17) is 5.73 Å². The number of aromatic hydroxyl groups is 1. The van der Waals surface area contributed by atoms with Gasteiger partial charge in [-0.25, -0.2) is 9.97 Å². The second-order valence-corrected chi connectivity index (χ2v) is 5.65. The molecule has 6 nitrogen and oxygen atoms in total. The van der Waals surface area contributed by atoms with Gasteiger partial charge < -0.3 is 16.2 Å². The molecule has 25 heavy (non-hydrogen) atoms. The van der Waals surface area contributed by atoms with Crippen LogP contribution in [0.15, 0.2) is 48.8 Å². The van der Waals surface area contributed by atoms with E-state index in [1.54, 1.807) is 18.2 Å². The Morgan fingerprint density at radius 3 is 2.60 bits per heavy atom. The van der Waals surface area contributed by atoms with E-state index in [2.05, 4.69) is 15.3 Å². The van der Waals surface area contributed by atoms with Crippen molar-refractivity contribution >= 4 is 17.8 Å². The molecule has 2 aromatic carbocycles. The predicted octanol–water partition coefficient (Wildman–Crippen LogP) is 3.17. The zero-order valence-corrected chi connectivity index (χ0v) is 13.7. The topological polar surface area (TPSA) is 101 Å². The number of rotatable bonds is 5. The Labute approximate surface area is 145 Å². The number of nitrogens with one attached hydrogen (secondary N) is 1. The summed E-state index contributed by atoms with van der Waals surface area (Å²) in [4.78, 5) is 19.4. The number of aldehydes is 1. The lowest BCUT2D eigenvalue weighted by Crippen LogP contribution is -2.03. The molecule has 0 amide bonds. The van der Waals surface area contributed by atoms with Crippen molar-refractivity contribution in [2.45, 2.75) is 13.5 Å². The van der Waals surface area contributed by atoms with Crippen LogP contribution in [-0.2, 0) is 6.54 Å². The molecular weight excluding hydrogens is 316 g/mol. The minimum absolute atomic E-state index is 0.0538. The van der Waals surface area contributed by atoms with Gasteiger partial charge in [-0.15, -0.1) is 0 Å². The largest absolute Gasteiger partial charge is 0.503 e. The van der Waals surface area contributed by atoms with Crippen LogP contribution in [0.3, 0.4) is 0 Å². The van der Waals surface area contributed by atoms with Gasteiger partial charge in [-0.1, -0.05) is 35.9 Å². The van der Waals surface area contributed by atoms with Gasteiger partial charge in [0.1, 0.15) is 18.3 Å². The molecule has 0 aliphatic rings. The van der Waals surface area contributed by atoms with Gasteiger partial charge in [0.15, 0.2) is 11.6 Å². The van der Waals surface area contributed by atoms with Gasteiger partial charge in [-0.05, 0) is 24.6 Å². The summed E-state index contributed by atoms with van der Waals surface area (Å²) in [6.45, 7) is 2.27. The number of aromatic nitrogens is 2. The third kappa shape index (κ3) is 3.49. The Balaban J connectivity index is 1.95. The van der Waals surface area contributed by atoms with E-state index in [-0.39, 0.29) is 18.1 Å². The normalized spacial score (nSPS) is 10.5. The zero-order valence-electron chi connectivity index (χ0n) is 13.7. The summed E-state index contributed by atoms with van der Waals surface area (Å²) in [6, 6.07) is 12.9. The minimum atomic E-state index is -0.0538. The van der Waals surface area contributed by atoms with Crippen LogP contribution in [0.2, 0.25) is 0 Å². The number of carbonyl (C=O) groups is 1. The van der Waals surface area contributed by atoms with E-state index in [1.807, 2.05) is 31.2 Å². The third-order valence-corrected chi connectivity index (χ3v) is 3.90. The smallest absolute Gasteiger partial charge is 0.185 e. The minimum Gasteiger partial charge on any atom is -0.503 e. The third-order valence-electron chi connectivity index (χ3n) is 3.90. The first-order chi connectivity index (χ1) is 12.1. The van der Waals surface area contributed by atoms with Crippen molar-refractivity contribution in [3.05, 3.63) is 65.5 Å². The first-order valence-corrected chi connectivity index (χ1v) is 7.78. The fraction of sp³-hybridized carbons (Fsp3) is 0.105. The maximum atomic E-state index is 11.2. The number of nitrogens with two attached hydrogens (primary N) is 1. The Bertz CT molecular complexity index is 908. The van der Waals surface area contributed by atoms with Crippen molar-refractivity contribution in [2.24, 2.45) is 5.73 Å². The number of anilines is 2. The summed E-state index contributed by atoms with van der Waals surface area (Å²) in [5.74, 6) is 0.213. The van der Waals surface area contributed by atoms with E-state index < -0.39 is 0 Å².